The smallest absolute Gasteiger partial charge is 0.313 e. The molecule has 6 aromatic rings. The maximum absolute atomic E-state index is 13.8. The lowest BCUT2D eigenvalue weighted by molar-refractivity contribution is 0.102. The van der Waals surface area contributed by atoms with Crippen LogP contribution in [0.3, 0.4) is 0 Å². The van der Waals surface area contributed by atoms with Crippen molar-refractivity contribution in [3.8, 4) is 5.75 Å². The van der Waals surface area contributed by atoms with Crippen molar-refractivity contribution in [3.05, 3.63) is 107 Å². The summed E-state index contributed by atoms with van der Waals surface area (Å²) in [6, 6.07) is 16.2. The molecule has 23 heteroatoms. The van der Waals surface area contributed by atoms with Gasteiger partial charge in [0, 0.05) is 22.9 Å². The van der Waals surface area contributed by atoms with Gasteiger partial charge in [0.05, 0.1) is 11.1 Å². The Labute approximate surface area is 313 Å². The molecule has 0 aliphatic carbocycles. The third-order valence-corrected chi connectivity index (χ3v) is 10.9. The number of anilines is 2. The summed E-state index contributed by atoms with van der Waals surface area (Å²) in [5.74, 6) is -3.76. The predicted molar refractivity (Wildman–Crippen MR) is 192 cm³/mol. The molecule has 284 valence electrons. The molecule has 0 unspecified atom stereocenters. The third-order valence-electron chi connectivity index (χ3n) is 7.84. The Bertz CT molecular complexity index is 2960. The highest BCUT2D eigenvalue weighted by Gasteiger charge is 2.29. The molecule has 0 saturated heterocycles. The number of aromatic hydroxyl groups is 1. The van der Waals surface area contributed by atoms with E-state index >= 15 is 0 Å². The fourth-order valence-corrected chi connectivity index (χ4v) is 7.83. The molecule has 0 aliphatic heterocycles. The van der Waals surface area contributed by atoms with Gasteiger partial charge in [-0.15, -0.1) is 10.2 Å². The van der Waals surface area contributed by atoms with Gasteiger partial charge < -0.3 is 15.7 Å². The zero-order valence-corrected chi connectivity index (χ0v) is 30.2. The minimum Gasteiger partial charge on any atom is -0.505 e. The van der Waals surface area contributed by atoms with Crippen LogP contribution in [0.2, 0.25) is 5.02 Å². The van der Waals surface area contributed by atoms with E-state index in [4.69, 9.17) is 11.6 Å². The molecule has 0 saturated carbocycles. The number of azo groups is 1. The molecule has 6 N–H and O–H groups in total. The number of amides is 1. The number of phenolic OH excluding ortho intramolecular Hbond substituents is 1. The molecule has 0 spiro atoms. The molecule has 0 radical (unpaired) electrons. The molecule has 1 heterocycles. The highest BCUT2D eigenvalue weighted by Crippen LogP contribution is 2.47. The minimum absolute atomic E-state index is 0.108. The molecule has 1 amide bonds. The van der Waals surface area contributed by atoms with Crippen molar-refractivity contribution >= 4 is 92.3 Å². The van der Waals surface area contributed by atoms with Crippen LogP contribution in [0.4, 0.5) is 31.7 Å². The Hall–Kier alpha value is -5.75. The normalized spacial score (nSPS) is 12.4. The Morgan fingerprint density at radius 1 is 0.764 bits per heavy atom. The molecule has 55 heavy (non-hydrogen) atoms. The zero-order valence-electron chi connectivity index (χ0n) is 27.0. The van der Waals surface area contributed by atoms with Gasteiger partial charge in [0.25, 0.3) is 36.3 Å². The number of carbonyl (C=O) groups excluding carboxylic acids is 1. The molecule has 1 aromatic heterocycles. The molecule has 0 aliphatic rings. The molecule has 0 fully saturated rings. The first kappa shape index (κ1) is 39.0. The fraction of sp³-hybridized carbons (Fsp3) is 0.0312. The topological polar surface area (TPSA) is 275 Å². The lowest BCUT2D eigenvalue weighted by Crippen LogP contribution is -2.13. The monoisotopic (exact) mass is 834 g/mol. The van der Waals surface area contributed by atoms with Crippen molar-refractivity contribution in [2.45, 2.75) is 21.2 Å². The van der Waals surface area contributed by atoms with Crippen molar-refractivity contribution in [2.75, 3.05) is 10.6 Å². The second-order valence-electron chi connectivity index (χ2n) is 11.3. The summed E-state index contributed by atoms with van der Waals surface area (Å²) in [7, 11) is -15.8. The molecule has 17 nitrogen and oxygen atoms in total. The van der Waals surface area contributed by atoms with Crippen LogP contribution in [-0.2, 0) is 36.9 Å². The van der Waals surface area contributed by atoms with Gasteiger partial charge in [-0.3, -0.25) is 18.5 Å². The first-order chi connectivity index (χ1) is 25.8. The number of fused-ring (bicyclic) bond motifs is 2. The number of hydrogen-bond donors (Lipinski definition) is 6. The molecular weight excluding hydrogens is 814 g/mol. The van der Waals surface area contributed by atoms with E-state index in [0.29, 0.717) is 6.07 Å². The standard InChI is InChI=1S/C32H21ClF2N6O11S3/c33-25-29(34)38-32(35)39-30(25)36-14-16-7-4-8-18-17(16)9-10-21(28(18)55(50,51)52)40-41-26-23(54(47,48)49)13-19-22(53(44,45)46)12-11-20(24(19)27(26)42)37-31(43)15-5-2-1-3-6-15/h1-13,42H,14H2,(H,37,43)(H,36,38,39)(H,44,45,46)(H,47,48,49)(H,50,51,52)/b41-40+. The van der Waals surface area contributed by atoms with Crippen molar-refractivity contribution < 1.29 is 57.6 Å². The second-order valence-corrected chi connectivity index (χ2v) is 15.8. The first-order valence-electron chi connectivity index (χ1n) is 15.0. The highest BCUT2D eigenvalue weighted by molar-refractivity contribution is 7.86. The second kappa shape index (κ2) is 14.5. The molecule has 6 rings (SSSR count). The van der Waals surface area contributed by atoms with Crippen LogP contribution in [0.1, 0.15) is 15.9 Å². The van der Waals surface area contributed by atoms with Crippen LogP contribution in [-0.4, -0.2) is 59.9 Å². The van der Waals surface area contributed by atoms with Crippen LogP contribution in [0.15, 0.2) is 104 Å². The van der Waals surface area contributed by atoms with Crippen molar-refractivity contribution in [2.24, 2.45) is 10.2 Å². The third kappa shape index (κ3) is 7.91. The SMILES string of the molecule is O=C(Nc1ccc(S(=O)(=O)O)c2cc(S(=O)(=O)O)c(/N=N/c3ccc4c(CNc5nc(F)nc(F)c5Cl)cccc4c3S(=O)(=O)O)c(O)c12)c1ccccc1. The van der Waals surface area contributed by atoms with Crippen LogP contribution in [0.5, 0.6) is 5.75 Å². The Morgan fingerprint density at radius 2 is 1.45 bits per heavy atom. The number of aromatic nitrogens is 2. The van der Waals surface area contributed by atoms with Gasteiger partial charge in [-0.1, -0.05) is 54.1 Å². The lowest BCUT2D eigenvalue weighted by atomic mass is 10.0. The first-order valence-corrected chi connectivity index (χ1v) is 19.7. The van der Waals surface area contributed by atoms with Crippen LogP contribution < -0.4 is 10.6 Å². The number of hydrogen-bond acceptors (Lipinski definition) is 13. The summed E-state index contributed by atoms with van der Waals surface area (Å²) in [6.45, 7) is -0.254. The van der Waals surface area contributed by atoms with Gasteiger partial charge in [0.2, 0.25) is 5.95 Å². The summed E-state index contributed by atoms with van der Waals surface area (Å²) < 4.78 is 133. The van der Waals surface area contributed by atoms with Crippen LogP contribution in [0, 0.1) is 12.0 Å². The molecular formula is C32H21ClF2N6O11S3. The number of nitrogens with zero attached hydrogens (tertiary/aromatic N) is 4. The van der Waals surface area contributed by atoms with E-state index in [0.717, 1.165) is 18.2 Å². The van der Waals surface area contributed by atoms with E-state index in [1.54, 1.807) is 6.07 Å². The van der Waals surface area contributed by atoms with E-state index in [9.17, 15) is 57.6 Å². The zero-order chi connectivity index (χ0) is 40.0. The summed E-state index contributed by atoms with van der Waals surface area (Å²) in [6.07, 6.45) is -1.42. The van der Waals surface area contributed by atoms with Gasteiger partial charge in [-0.25, -0.2) is 0 Å². The maximum Gasteiger partial charge on any atom is 0.313 e. The van der Waals surface area contributed by atoms with E-state index in [2.05, 4.69) is 30.8 Å². The summed E-state index contributed by atoms with van der Waals surface area (Å²) in [5, 5.41) is 22.0. The number of rotatable bonds is 10. The summed E-state index contributed by atoms with van der Waals surface area (Å²) in [5.41, 5.74) is -1.67. The number of halogens is 3. The Morgan fingerprint density at radius 3 is 2.11 bits per heavy atom. The highest BCUT2D eigenvalue weighted by atomic mass is 35.5. The fourth-order valence-electron chi connectivity index (χ4n) is 5.52. The maximum atomic E-state index is 13.8. The minimum atomic E-state index is -5.43. The number of carbonyl (C=O) groups is 1. The van der Waals surface area contributed by atoms with Gasteiger partial charge in [-0.2, -0.15) is 44.0 Å². The average molecular weight is 835 g/mol. The molecule has 5 aromatic carbocycles. The predicted octanol–water partition coefficient (Wildman–Crippen LogP) is 6.44. The van der Waals surface area contributed by atoms with E-state index in [1.165, 1.54) is 48.5 Å². The van der Waals surface area contributed by atoms with Gasteiger partial charge in [0.1, 0.15) is 31.1 Å². The largest absolute Gasteiger partial charge is 0.505 e. The number of phenols is 1. The van der Waals surface area contributed by atoms with Crippen molar-refractivity contribution in [1.29, 1.82) is 0 Å². The number of benzene rings is 5. The van der Waals surface area contributed by atoms with Gasteiger partial charge >= 0.3 is 6.08 Å². The molecule has 0 bridgehead atoms. The van der Waals surface area contributed by atoms with Crippen LogP contribution >= 0.6 is 11.6 Å². The quantitative estimate of drug-likeness (QED) is 0.0375. The molecule has 0 atom stereocenters. The Balaban J connectivity index is 1.53. The van der Waals surface area contributed by atoms with Crippen molar-refractivity contribution in [1.82, 2.24) is 9.97 Å². The summed E-state index contributed by atoms with van der Waals surface area (Å²) >= 11 is 5.82. The van der Waals surface area contributed by atoms with Crippen LogP contribution in [0.25, 0.3) is 21.5 Å². The van der Waals surface area contributed by atoms with Crippen molar-refractivity contribution in [3.63, 3.8) is 0 Å². The van der Waals surface area contributed by atoms with E-state index in [1.807, 2.05) is 0 Å². The summed E-state index contributed by atoms with van der Waals surface area (Å²) in [4.78, 5) is 16.2. The van der Waals surface area contributed by atoms with E-state index in [-0.39, 0.29) is 34.1 Å². The average Bonchev–Trinajstić information content (AvgIpc) is 3.10. The van der Waals surface area contributed by atoms with Gasteiger partial charge in [0.15, 0.2) is 11.6 Å². The lowest BCUT2D eigenvalue weighted by Gasteiger charge is -2.15. The van der Waals surface area contributed by atoms with Gasteiger partial charge in [-0.05, 0) is 47.3 Å². The number of nitrogens with one attached hydrogen (secondary N) is 2. The Kier molecular flexibility index (Phi) is 10.3. The van der Waals surface area contributed by atoms with E-state index < -0.39 is 102 Å².